The lowest BCUT2D eigenvalue weighted by molar-refractivity contribution is -0.183. The maximum atomic E-state index is 13.0. The van der Waals surface area contributed by atoms with Gasteiger partial charge in [0, 0.05) is 19.3 Å². The molecule has 2 aromatic rings. The molecule has 9 heteroatoms. The van der Waals surface area contributed by atoms with Gasteiger partial charge in [-0.05, 0) is 57.4 Å². The first kappa shape index (κ1) is 23.3. The van der Waals surface area contributed by atoms with Crippen LogP contribution in [0.2, 0.25) is 0 Å². The van der Waals surface area contributed by atoms with Crippen LogP contribution < -0.4 is 4.90 Å². The number of alkyl halides is 3. The summed E-state index contributed by atoms with van der Waals surface area (Å²) >= 11 is 0. The molecule has 0 aliphatic heterocycles. The number of aliphatic hydroxyl groups excluding tert-OH is 1. The van der Waals surface area contributed by atoms with E-state index in [2.05, 4.69) is 14.9 Å². The van der Waals surface area contributed by atoms with Crippen molar-refractivity contribution in [2.45, 2.75) is 82.7 Å². The molecule has 0 unspecified atom stereocenters. The van der Waals surface area contributed by atoms with E-state index < -0.39 is 23.8 Å². The van der Waals surface area contributed by atoms with Gasteiger partial charge in [0.25, 0.3) is 0 Å². The van der Waals surface area contributed by atoms with E-state index in [0.717, 1.165) is 24.0 Å². The van der Waals surface area contributed by atoms with Crippen molar-refractivity contribution in [3.05, 3.63) is 18.6 Å². The van der Waals surface area contributed by atoms with E-state index in [1.807, 2.05) is 23.8 Å². The maximum Gasteiger partial charge on any atom is 0.391 e. The summed E-state index contributed by atoms with van der Waals surface area (Å²) in [6, 6.07) is 1.92. The molecular formula is C23H33F3N4O2. The zero-order valence-corrected chi connectivity index (χ0v) is 18.6. The lowest BCUT2D eigenvalue weighted by Gasteiger charge is -2.37. The van der Waals surface area contributed by atoms with Gasteiger partial charge in [0.1, 0.15) is 23.4 Å². The summed E-state index contributed by atoms with van der Waals surface area (Å²) in [6.07, 6.45) is 2.99. The molecule has 2 atom stereocenters. The molecule has 0 saturated heterocycles. The van der Waals surface area contributed by atoms with Crippen molar-refractivity contribution in [2.75, 3.05) is 18.0 Å². The van der Waals surface area contributed by atoms with Gasteiger partial charge in [0.05, 0.1) is 24.0 Å². The van der Waals surface area contributed by atoms with E-state index in [9.17, 15) is 23.4 Å². The van der Waals surface area contributed by atoms with Gasteiger partial charge in [0.15, 0.2) is 0 Å². The highest BCUT2D eigenvalue weighted by molar-refractivity contribution is 5.87. The number of aliphatic hydroxyl groups is 2. The summed E-state index contributed by atoms with van der Waals surface area (Å²) in [4.78, 5) is 11.1. The number of halogens is 3. The molecule has 2 N–H and O–H groups in total. The molecule has 2 aromatic heterocycles. The number of rotatable bonds is 6. The van der Waals surface area contributed by atoms with Gasteiger partial charge in [-0.2, -0.15) is 13.2 Å². The Kier molecular flexibility index (Phi) is 6.68. The first-order chi connectivity index (χ1) is 15.2. The van der Waals surface area contributed by atoms with Crippen molar-refractivity contribution in [1.82, 2.24) is 14.5 Å². The number of anilines is 1. The molecule has 32 heavy (non-hydrogen) atoms. The van der Waals surface area contributed by atoms with Crippen molar-refractivity contribution in [3.8, 4) is 0 Å². The summed E-state index contributed by atoms with van der Waals surface area (Å²) in [7, 11) is 0. The lowest BCUT2D eigenvalue weighted by Crippen LogP contribution is -2.48. The van der Waals surface area contributed by atoms with Crippen LogP contribution in [0.25, 0.3) is 11.0 Å². The van der Waals surface area contributed by atoms with Crippen LogP contribution >= 0.6 is 0 Å². The Bertz CT molecular complexity index is 910. The molecule has 2 heterocycles. The minimum Gasteiger partial charge on any atom is -0.390 e. The van der Waals surface area contributed by atoms with Crippen LogP contribution in [0.4, 0.5) is 19.0 Å². The second kappa shape index (κ2) is 9.17. The van der Waals surface area contributed by atoms with Crippen molar-refractivity contribution in [1.29, 1.82) is 0 Å². The van der Waals surface area contributed by atoms with E-state index in [0.29, 0.717) is 44.4 Å². The fourth-order valence-electron chi connectivity index (χ4n) is 5.40. The molecule has 0 spiro atoms. The number of fused-ring (bicyclic) bond motifs is 1. The van der Waals surface area contributed by atoms with Crippen molar-refractivity contribution in [3.63, 3.8) is 0 Å². The molecule has 4 rings (SSSR count). The smallest absolute Gasteiger partial charge is 0.390 e. The van der Waals surface area contributed by atoms with Gasteiger partial charge >= 0.3 is 6.18 Å². The Balaban J connectivity index is 1.50. The fraction of sp³-hybridized carbons (Fsp3) is 0.739. The summed E-state index contributed by atoms with van der Waals surface area (Å²) in [6.45, 7) is 3.65. The fourth-order valence-corrected chi connectivity index (χ4v) is 5.40. The predicted octanol–water partition coefficient (Wildman–Crippen LogP) is 4.29. The van der Waals surface area contributed by atoms with Crippen LogP contribution in [0.3, 0.4) is 0 Å². The predicted molar refractivity (Wildman–Crippen MR) is 116 cm³/mol. The highest BCUT2D eigenvalue weighted by Gasteiger charge is 2.42. The second-order valence-corrected chi connectivity index (χ2v) is 9.54. The highest BCUT2D eigenvalue weighted by atomic mass is 19.4. The summed E-state index contributed by atoms with van der Waals surface area (Å²) in [5.74, 6) is -0.196. The minimum atomic E-state index is -4.09. The van der Waals surface area contributed by atoms with Crippen LogP contribution in [-0.4, -0.2) is 55.7 Å². The minimum absolute atomic E-state index is 0.197. The Labute approximate surface area is 186 Å². The van der Waals surface area contributed by atoms with Crippen LogP contribution in [0.1, 0.15) is 58.3 Å². The monoisotopic (exact) mass is 454 g/mol. The highest BCUT2D eigenvalue weighted by Crippen LogP contribution is 2.40. The average Bonchev–Trinajstić information content (AvgIpc) is 3.17. The third kappa shape index (κ3) is 4.73. The number of hydrogen-bond donors (Lipinski definition) is 2. The molecule has 0 amide bonds. The van der Waals surface area contributed by atoms with Gasteiger partial charge < -0.3 is 19.7 Å². The summed E-state index contributed by atoms with van der Waals surface area (Å²) < 4.78 is 40.9. The molecule has 2 fully saturated rings. The Morgan fingerprint density at radius 2 is 1.91 bits per heavy atom. The topological polar surface area (TPSA) is 74.4 Å². The van der Waals surface area contributed by atoms with Gasteiger partial charge in [-0.1, -0.05) is 12.8 Å². The van der Waals surface area contributed by atoms with Crippen molar-refractivity contribution >= 4 is 16.9 Å². The lowest BCUT2D eigenvalue weighted by atomic mass is 9.81. The van der Waals surface area contributed by atoms with E-state index in [4.69, 9.17) is 0 Å². The van der Waals surface area contributed by atoms with Gasteiger partial charge in [-0.3, -0.25) is 0 Å². The number of hydrogen-bond acceptors (Lipinski definition) is 5. The first-order valence-electron chi connectivity index (χ1n) is 11.7. The first-order valence-corrected chi connectivity index (χ1v) is 11.7. The van der Waals surface area contributed by atoms with Crippen LogP contribution in [0.15, 0.2) is 18.6 Å². The Morgan fingerprint density at radius 1 is 1.16 bits per heavy atom. The summed E-state index contributed by atoms with van der Waals surface area (Å²) in [5, 5.41) is 22.2. The molecule has 2 saturated carbocycles. The number of aromatic nitrogens is 3. The zero-order chi connectivity index (χ0) is 22.9. The number of nitrogens with zero attached hydrogens (tertiary/aromatic N) is 4. The third-order valence-electron chi connectivity index (χ3n) is 7.41. The van der Waals surface area contributed by atoms with Gasteiger partial charge in [0.2, 0.25) is 0 Å². The molecule has 6 nitrogen and oxygen atoms in total. The van der Waals surface area contributed by atoms with Crippen LogP contribution in [0.5, 0.6) is 0 Å². The Hall–Kier alpha value is -1.87. The summed E-state index contributed by atoms with van der Waals surface area (Å²) in [5.41, 5.74) is -0.475. The quantitative estimate of drug-likeness (QED) is 0.681. The molecule has 2 aliphatic carbocycles. The molecule has 0 radical (unpaired) electrons. The van der Waals surface area contributed by atoms with Crippen LogP contribution in [0, 0.1) is 11.8 Å². The van der Waals surface area contributed by atoms with E-state index in [1.54, 1.807) is 0 Å². The standard InChI is InChI=1S/C23H33F3N4O2/c1-2-29(13-16-6-8-17(9-7-16)23(24,25)26)20-18-10-12-30(21(18)28-15-27-20)14-22(32)11-4-3-5-19(22)31/h10,12,15-17,19,31-32H,2-9,11,13-14H2,1H3/t16?,17?,19-,22-/m1/s1. The molecule has 178 valence electrons. The van der Waals surface area contributed by atoms with Crippen molar-refractivity contribution < 1.29 is 23.4 Å². The van der Waals surface area contributed by atoms with Gasteiger partial charge in [-0.25, -0.2) is 9.97 Å². The molecule has 0 bridgehead atoms. The normalized spacial score (nSPS) is 29.4. The Morgan fingerprint density at radius 3 is 2.56 bits per heavy atom. The van der Waals surface area contributed by atoms with Crippen LogP contribution in [-0.2, 0) is 6.54 Å². The average molecular weight is 455 g/mol. The van der Waals surface area contributed by atoms with E-state index in [-0.39, 0.29) is 25.3 Å². The second-order valence-electron chi connectivity index (χ2n) is 9.54. The third-order valence-corrected chi connectivity index (χ3v) is 7.41. The zero-order valence-electron chi connectivity index (χ0n) is 18.6. The molecule has 0 aromatic carbocycles. The molecular weight excluding hydrogens is 421 g/mol. The van der Waals surface area contributed by atoms with E-state index in [1.165, 1.54) is 6.33 Å². The van der Waals surface area contributed by atoms with E-state index >= 15 is 0 Å². The van der Waals surface area contributed by atoms with Crippen molar-refractivity contribution in [2.24, 2.45) is 11.8 Å². The maximum absolute atomic E-state index is 13.0. The SMILES string of the molecule is CCN(CC1CCC(C(F)(F)F)CC1)c1ncnc2c1ccn2C[C@]1(O)CCCC[C@H]1O. The largest absolute Gasteiger partial charge is 0.391 e. The molecule has 2 aliphatic rings. The van der Waals surface area contributed by atoms with Gasteiger partial charge in [-0.15, -0.1) is 0 Å².